The molecular weight excluding hydrogens is 508 g/mol. The predicted octanol–water partition coefficient (Wildman–Crippen LogP) is 4.21. The normalized spacial score (nSPS) is 34.8. The third kappa shape index (κ3) is 5.06. The Hall–Kier alpha value is -1.63. The SMILES string of the molecule is O=S1(=O)N[C@]2(CN1CC(F)(F)F)[C@@H]1CC[C@H]2Cc2ccc(/C=C/C3CC(C(F)(F)F)CCN3)cc2C1. The highest BCUT2D eigenvalue weighted by Gasteiger charge is 2.60. The van der Waals surface area contributed by atoms with Crippen LogP contribution in [-0.2, 0) is 23.1 Å². The lowest BCUT2D eigenvalue weighted by molar-refractivity contribution is -0.181. The first-order chi connectivity index (χ1) is 16.8. The van der Waals surface area contributed by atoms with Gasteiger partial charge >= 0.3 is 12.4 Å². The van der Waals surface area contributed by atoms with Crippen LogP contribution in [0.25, 0.3) is 6.08 Å². The van der Waals surface area contributed by atoms with E-state index in [0.29, 0.717) is 23.7 Å². The molecule has 12 heteroatoms. The Kier molecular flexibility index (Phi) is 6.49. The lowest BCUT2D eigenvalue weighted by atomic mass is 9.79. The average molecular weight is 538 g/mol. The number of piperidine rings is 1. The Balaban J connectivity index is 1.34. The van der Waals surface area contributed by atoms with Gasteiger partial charge in [0.15, 0.2) is 0 Å². The Morgan fingerprint density at radius 3 is 2.39 bits per heavy atom. The summed E-state index contributed by atoms with van der Waals surface area (Å²) in [6, 6.07) is 5.44. The zero-order valence-corrected chi connectivity index (χ0v) is 20.3. The summed E-state index contributed by atoms with van der Waals surface area (Å²) in [5.41, 5.74) is 1.96. The van der Waals surface area contributed by atoms with Gasteiger partial charge in [-0.15, -0.1) is 0 Å². The minimum Gasteiger partial charge on any atom is -0.310 e. The van der Waals surface area contributed by atoms with Crippen LogP contribution < -0.4 is 10.0 Å². The number of nitrogens with zero attached hydrogens (tertiary/aromatic N) is 1. The van der Waals surface area contributed by atoms with Crippen molar-refractivity contribution in [3.05, 3.63) is 41.0 Å². The highest BCUT2D eigenvalue weighted by atomic mass is 32.2. The second-order valence-electron chi connectivity index (χ2n) is 10.6. The van der Waals surface area contributed by atoms with Gasteiger partial charge in [-0.2, -0.15) is 43.8 Å². The fourth-order valence-corrected chi connectivity index (χ4v) is 8.30. The molecule has 1 aromatic carbocycles. The molecule has 1 aromatic rings. The van der Waals surface area contributed by atoms with Crippen LogP contribution in [0.5, 0.6) is 0 Å². The van der Waals surface area contributed by atoms with E-state index in [0.717, 1.165) is 29.5 Å². The van der Waals surface area contributed by atoms with Crippen LogP contribution in [0.1, 0.15) is 42.4 Å². The molecule has 2 aliphatic heterocycles. The molecule has 2 unspecified atom stereocenters. The number of halogens is 6. The molecule has 2 saturated heterocycles. The van der Waals surface area contributed by atoms with E-state index >= 15 is 0 Å². The van der Waals surface area contributed by atoms with Crippen LogP contribution in [0.3, 0.4) is 0 Å². The molecule has 0 radical (unpaired) electrons. The molecule has 1 saturated carbocycles. The second-order valence-corrected chi connectivity index (χ2v) is 12.3. The second kappa shape index (κ2) is 8.99. The first kappa shape index (κ1) is 26.0. The van der Waals surface area contributed by atoms with Crippen molar-refractivity contribution < 1.29 is 34.8 Å². The first-order valence-electron chi connectivity index (χ1n) is 12.2. The van der Waals surface area contributed by atoms with Crippen molar-refractivity contribution in [1.29, 1.82) is 0 Å². The lowest BCUT2D eigenvalue weighted by Crippen LogP contribution is -2.52. The largest absolute Gasteiger partial charge is 0.402 e. The summed E-state index contributed by atoms with van der Waals surface area (Å²) in [5, 5.41) is 3.11. The molecule has 2 N–H and O–H groups in total. The van der Waals surface area contributed by atoms with Gasteiger partial charge < -0.3 is 5.32 Å². The molecule has 5 rings (SSSR count). The van der Waals surface area contributed by atoms with Crippen LogP contribution >= 0.6 is 0 Å². The highest BCUT2D eigenvalue weighted by molar-refractivity contribution is 7.87. The van der Waals surface area contributed by atoms with E-state index in [1.165, 1.54) is 0 Å². The Morgan fingerprint density at radius 1 is 1.03 bits per heavy atom. The van der Waals surface area contributed by atoms with Crippen molar-refractivity contribution in [2.75, 3.05) is 19.6 Å². The molecule has 0 amide bonds. The summed E-state index contributed by atoms with van der Waals surface area (Å²) in [6.07, 6.45) is -2.65. The highest BCUT2D eigenvalue weighted by Crippen LogP contribution is 2.50. The molecule has 4 aliphatic rings. The average Bonchev–Trinajstić information content (AvgIpc) is 3.15. The summed E-state index contributed by atoms with van der Waals surface area (Å²) < 4.78 is 107. The minimum atomic E-state index is -4.62. The molecule has 2 aliphatic carbocycles. The monoisotopic (exact) mass is 537 g/mol. The fourth-order valence-electron chi connectivity index (χ4n) is 6.59. The molecule has 36 heavy (non-hydrogen) atoms. The van der Waals surface area contributed by atoms with Gasteiger partial charge in [0.2, 0.25) is 0 Å². The molecule has 2 heterocycles. The van der Waals surface area contributed by atoms with Crippen LogP contribution in [0.2, 0.25) is 0 Å². The van der Waals surface area contributed by atoms with Gasteiger partial charge in [0.05, 0.1) is 11.5 Å². The van der Waals surface area contributed by atoms with Gasteiger partial charge in [-0.3, -0.25) is 0 Å². The zero-order chi connectivity index (χ0) is 25.9. The quantitative estimate of drug-likeness (QED) is 0.569. The van der Waals surface area contributed by atoms with Crippen molar-refractivity contribution in [3.8, 4) is 0 Å². The van der Waals surface area contributed by atoms with E-state index in [4.69, 9.17) is 0 Å². The van der Waals surface area contributed by atoms with E-state index < -0.39 is 40.6 Å². The lowest BCUT2D eigenvalue weighted by Gasteiger charge is -2.33. The summed E-state index contributed by atoms with van der Waals surface area (Å²) >= 11 is 0. The van der Waals surface area contributed by atoms with Gasteiger partial charge in [-0.25, -0.2) is 0 Å². The maximum absolute atomic E-state index is 13.1. The summed E-state index contributed by atoms with van der Waals surface area (Å²) in [6.45, 7) is -1.40. The maximum Gasteiger partial charge on any atom is 0.402 e. The molecule has 5 nitrogen and oxygen atoms in total. The van der Waals surface area contributed by atoms with Crippen molar-refractivity contribution in [1.82, 2.24) is 14.3 Å². The number of nitrogens with one attached hydrogen (secondary N) is 2. The number of hydrogen-bond donors (Lipinski definition) is 2. The molecule has 5 atom stereocenters. The summed E-state index contributed by atoms with van der Waals surface area (Å²) in [4.78, 5) is 0. The number of rotatable bonds is 3. The van der Waals surface area contributed by atoms with Gasteiger partial charge in [0, 0.05) is 12.6 Å². The Bertz CT molecular complexity index is 1140. The smallest absolute Gasteiger partial charge is 0.310 e. The van der Waals surface area contributed by atoms with Gasteiger partial charge in [0.25, 0.3) is 10.2 Å². The third-order valence-electron chi connectivity index (χ3n) is 8.36. The van der Waals surface area contributed by atoms with Gasteiger partial charge in [-0.1, -0.05) is 30.4 Å². The summed E-state index contributed by atoms with van der Waals surface area (Å²) in [7, 11) is -4.24. The Morgan fingerprint density at radius 2 is 1.72 bits per heavy atom. The fraction of sp³-hybridized carbons (Fsp3) is 0.667. The minimum absolute atomic E-state index is 0.00815. The van der Waals surface area contributed by atoms with Gasteiger partial charge in [-0.05, 0) is 73.6 Å². The standard InChI is InChI=1S/C24H29F6N3O2S/c25-23(26,27)14-33-13-22(32-36(33,34)35)18-4-5-19(22)11-17-9-15(1-3-16(17)10-18)2-6-21-12-20(7-8-31-21)24(28,29)30/h1-3,6,9,18-21,31-32H,4-5,7-8,10-14H2/b6-2+/t18-,19+,20?,21?,22-/m0/s1. The van der Waals surface area contributed by atoms with E-state index in [1.807, 2.05) is 18.2 Å². The summed E-state index contributed by atoms with van der Waals surface area (Å²) in [5.74, 6) is -1.56. The molecule has 2 bridgehead atoms. The van der Waals surface area contributed by atoms with E-state index in [2.05, 4.69) is 10.0 Å². The van der Waals surface area contributed by atoms with Crippen molar-refractivity contribution in [2.24, 2.45) is 17.8 Å². The Labute approximate surface area is 206 Å². The number of benzene rings is 1. The predicted molar refractivity (Wildman–Crippen MR) is 122 cm³/mol. The van der Waals surface area contributed by atoms with Crippen LogP contribution in [0.15, 0.2) is 24.3 Å². The van der Waals surface area contributed by atoms with Crippen molar-refractivity contribution in [3.63, 3.8) is 0 Å². The maximum atomic E-state index is 13.1. The van der Waals surface area contributed by atoms with E-state index in [1.54, 1.807) is 12.2 Å². The molecule has 200 valence electrons. The van der Waals surface area contributed by atoms with Crippen LogP contribution in [-0.4, -0.2) is 56.3 Å². The zero-order valence-electron chi connectivity index (χ0n) is 19.5. The number of alkyl halides is 6. The third-order valence-corrected chi connectivity index (χ3v) is 9.93. The van der Waals surface area contributed by atoms with Gasteiger partial charge in [0.1, 0.15) is 6.54 Å². The molecule has 3 fully saturated rings. The topological polar surface area (TPSA) is 61.4 Å². The van der Waals surface area contributed by atoms with E-state index in [-0.39, 0.29) is 37.3 Å². The molecule has 1 spiro atoms. The molecule has 0 aromatic heterocycles. The van der Waals surface area contributed by atoms with Crippen LogP contribution in [0, 0.1) is 17.8 Å². The number of hydrogen-bond acceptors (Lipinski definition) is 3. The van der Waals surface area contributed by atoms with Crippen molar-refractivity contribution in [2.45, 2.75) is 62.5 Å². The number of fused-ring (bicyclic) bond motifs is 1. The first-order valence-corrected chi connectivity index (χ1v) is 13.7. The van der Waals surface area contributed by atoms with Crippen molar-refractivity contribution >= 4 is 16.3 Å². The van der Waals surface area contributed by atoms with E-state index in [9.17, 15) is 34.8 Å². The molecular formula is C24H29F6N3O2S. The van der Waals surface area contributed by atoms with Crippen LogP contribution in [0.4, 0.5) is 26.3 Å².